The molecule has 1 amide bonds. The minimum atomic E-state index is -3.66. The van der Waals surface area contributed by atoms with E-state index in [2.05, 4.69) is 22.9 Å². The van der Waals surface area contributed by atoms with E-state index in [1.54, 1.807) is 12.1 Å². The van der Waals surface area contributed by atoms with Crippen molar-refractivity contribution >= 4 is 31.9 Å². The van der Waals surface area contributed by atoms with Crippen molar-refractivity contribution in [3.8, 4) is 0 Å². The molecule has 1 aliphatic carbocycles. The van der Waals surface area contributed by atoms with Crippen molar-refractivity contribution in [2.75, 3.05) is 14.1 Å². The maximum Gasteiger partial charge on any atom is 0.254 e. The normalized spacial score (nSPS) is 15.5. The average molecular weight is 465 g/mol. The van der Waals surface area contributed by atoms with Crippen LogP contribution in [-0.4, -0.2) is 43.7 Å². The van der Waals surface area contributed by atoms with E-state index >= 15 is 0 Å². The molecule has 150 valence electrons. The summed E-state index contributed by atoms with van der Waals surface area (Å²) in [5.74, 6) is 0.360. The molecule has 0 N–H and O–H groups in total. The van der Waals surface area contributed by atoms with Crippen molar-refractivity contribution in [1.29, 1.82) is 0 Å². The maximum atomic E-state index is 13.4. The van der Waals surface area contributed by atoms with Crippen LogP contribution in [0.3, 0.4) is 0 Å². The highest BCUT2D eigenvalue weighted by Gasteiger charge is 2.35. The summed E-state index contributed by atoms with van der Waals surface area (Å²) in [4.78, 5) is 15.3. The van der Waals surface area contributed by atoms with E-state index in [-0.39, 0.29) is 16.8 Å². The standard InChI is InChI=1S/C21H25BrN2O3S/c1-15(17-9-10-17)24(14-16-7-5-4-6-8-16)21(25)18-11-12-19(22)20(13-18)28(26,27)23(2)3/h4-8,11-13,15,17H,9-10,14H2,1-3H3. The first-order valence-corrected chi connectivity index (χ1v) is 11.5. The summed E-state index contributed by atoms with van der Waals surface area (Å²) in [6.07, 6.45) is 2.25. The zero-order chi connectivity index (χ0) is 20.5. The highest BCUT2D eigenvalue weighted by atomic mass is 79.9. The van der Waals surface area contributed by atoms with Crippen molar-refractivity contribution in [2.45, 2.75) is 37.2 Å². The minimum absolute atomic E-state index is 0.0992. The van der Waals surface area contributed by atoms with Crippen LogP contribution in [0.2, 0.25) is 0 Å². The first-order valence-electron chi connectivity index (χ1n) is 9.29. The summed E-state index contributed by atoms with van der Waals surface area (Å²) in [5.41, 5.74) is 1.44. The van der Waals surface area contributed by atoms with E-state index < -0.39 is 10.0 Å². The number of carbonyl (C=O) groups is 1. The first-order chi connectivity index (χ1) is 13.2. The van der Waals surface area contributed by atoms with Crippen LogP contribution in [0.15, 0.2) is 57.9 Å². The monoisotopic (exact) mass is 464 g/mol. The predicted octanol–water partition coefficient (Wildman–Crippen LogP) is 4.14. The second-order valence-electron chi connectivity index (χ2n) is 7.43. The van der Waals surface area contributed by atoms with Crippen LogP contribution >= 0.6 is 15.9 Å². The number of hydrogen-bond donors (Lipinski definition) is 0. The highest BCUT2D eigenvalue weighted by molar-refractivity contribution is 9.10. The Hall–Kier alpha value is -1.70. The van der Waals surface area contributed by atoms with E-state index in [9.17, 15) is 13.2 Å². The Morgan fingerprint density at radius 1 is 1.14 bits per heavy atom. The van der Waals surface area contributed by atoms with Crippen LogP contribution in [0.1, 0.15) is 35.7 Å². The molecule has 1 atom stereocenters. The Morgan fingerprint density at radius 3 is 2.36 bits per heavy atom. The molecule has 7 heteroatoms. The molecule has 3 rings (SSSR count). The molecule has 0 radical (unpaired) electrons. The Kier molecular flexibility index (Phi) is 6.27. The van der Waals surface area contributed by atoms with Gasteiger partial charge in [-0.05, 0) is 65.4 Å². The van der Waals surface area contributed by atoms with Gasteiger partial charge in [0.2, 0.25) is 10.0 Å². The van der Waals surface area contributed by atoms with Gasteiger partial charge in [-0.1, -0.05) is 30.3 Å². The van der Waals surface area contributed by atoms with Gasteiger partial charge in [0.15, 0.2) is 0 Å². The van der Waals surface area contributed by atoms with Crippen molar-refractivity contribution in [3.63, 3.8) is 0 Å². The van der Waals surface area contributed by atoms with Crippen molar-refractivity contribution in [2.24, 2.45) is 5.92 Å². The molecule has 0 spiro atoms. The highest BCUT2D eigenvalue weighted by Crippen LogP contribution is 2.36. The molecule has 1 fully saturated rings. The van der Waals surface area contributed by atoms with E-state index in [0.29, 0.717) is 22.5 Å². The van der Waals surface area contributed by atoms with Crippen LogP contribution in [0, 0.1) is 5.92 Å². The summed E-state index contributed by atoms with van der Waals surface area (Å²) in [6.45, 7) is 2.58. The number of nitrogens with zero attached hydrogens (tertiary/aromatic N) is 2. The van der Waals surface area contributed by atoms with Crippen LogP contribution in [-0.2, 0) is 16.6 Å². The van der Waals surface area contributed by atoms with Gasteiger partial charge in [-0.3, -0.25) is 4.79 Å². The molecule has 0 aliphatic heterocycles. The third-order valence-electron chi connectivity index (χ3n) is 5.19. The summed E-state index contributed by atoms with van der Waals surface area (Å²) in [5, 5.41) is 0. The van der Waals surface area contributed by atoms with Crippen LogP contribution in [0.25, 0.3) is 0 Å². The Balaban J connectivity index is 1.96. The predicted molar refractivity (Wildman–Crippen MR) is 114 cm³/mol. The lowest BCUT2D eigenvalue weighted by Crippen LogP contribution is -2.39. The zero-order valence-corrected chi connectivity index (χ0v) is 18.7. The minimum Gasteiger partial charge on any atom is -0.331 e. The van der Waals surface area contributed by atoms with Gasteiger partial charge in [0.05, 0.1) is 4.90 Å². The molecular weight excluding hydrogens is 440 g/mol. The van der Waals surface area contributed by atoms with Crippen LogP contribution in [0.5, 0.6) is 0 Å². The lowest BCUT2D eigenvalue weighted by Gasteiger charge is -2.30. The maximum absolute atomic E-state index is 13.4. The van der Waals surface area contributed by atoms with E-state index in [4.69, 9.17) is 0 Å². The molecule has 0 saturated heterocycles. The summed E-state index contributed by atoms with van der Waals surface area (Å²) in [7, 11) is -0.698. The first kappa shape index (κ1) is 21.0. The fraction of sp³-hybridized carbons (Fsp3) is 0.381. The van der Waals surface area contributed by atoms with Gasteiger partial charge < -0.3 is 4.90 Å². The van der Waals surface area contributed by atoms with Gasteiger partial charge in [-0.2, -0.15) is 0 Å². The molecule has 0 bridgehead atoms. The van der Waals surface area contributed by atoms with Crippen molar-refractivity contribution in [1.82, 2.24) is 9.21 Å². The van der Waals surface area contributed by atoms with Crippen molar-refractivity contribution < 1.29 is 13.2 Å². The fourth-order valence-corrected chi connectivity index (χ4v) is 5.05. The molecule has 1 saturated carbocycles. The topological polar surface area (TPSA) is 57.7 Å². The fourth-order valence-electron chi connectivity index (χ4n) is 3.21. The molecule has 2 aromatic carbocycles. The Morgan fingerprint density at radius 2 is 1.79 bits per heavy atom. The second kappa shape index (κ2) is 8.35. The third kappa shape index (κ3) is 4.47. The molecular formula is C21H25BrN2O3S. The second-order valence-corrected chi connectivity index (χ2v) is 10.4. The molecule has 0 aromatic heterocycles. The van der Waals surface area contributed by atoms with Crippen LogP contribution in [0.4, 0.5) is 0 Å². The smallest absolute Gasteiger partial charge is 0.254 e. The Bertz CT molecular complexity index is 957. The van der Waals surface area contributed by atoms with Gasteiger partial charge in [0, 0.05) is 36.7 Å². The number of hydrogen-bond acceptors (Lipinski definition) is 3. The van der Waals surface area contributed by atoms with E-state index in [0.717, 1.165) is 22.7 Å². The number of sulfonamides is 1. The number of benzene rings is 2. The molecule has 1 unspecified atom stereocenters. The SMILES string of the molecule is CC(C1CC1)N(Cc1ccccc1)C(=O)c1ccc(Br)c(S(=O)(=O)N(C)C)c1. The Labute approximate surface area is 175 Å². The van der Waals surface area contributed by atoms with Gasteiger partial charge >= 0.3 is 0 Å². The molecule has 5 nitrogen and oxygen atoms in total. The van der Waals surface area contributed by atoms with Crippen molar-refractivity contribution in [3.05, 3.63) is 64.1 Å². The summed E-state index contributed by atoms with van der Waals surface area (Å²) in [6, 6.07) is 14.8. The van der Waals surface area contributed by atoms with Crippen LogP contribution < -0.4 is 0 Å². The molecule has 2 aromatic rings. The summed E-state index contributed by atoms with van der Waals surface area (Å²) < 4.78 is 26.8. The van der Waals surface area contributed by atoms with Gasteiger partial charge in [0.25, 0.3) is 5.91 Å². The van der Waals surface area contributed by atoms with E-state index in [1.807, 2.05) is 35.2 Å². The third-order valence-corrected chi connectivity index (χ3v) is 8.00. The lowest BCUT2D eigenvalue weighted by atomic mass is 10.1. The summed E-state index contributed by atoms with van der Waals surface area (Å²) >= 11 is 3.31. The molecule has 0 heterocycles. The number of rotatable bonds is 7. The van der Waals surface area contributed by atoms with Gasteiger partial charge in [-0.15, -0.1) is 0 Å². The largest absolute Gasteiger partial charge is 0.331 e. The molecule has 28 heavy (non-hydrogen) atoms. The molecule has 1 aliphatic rings. The zero-order valence-electron chi connectivity index (χ0n) is 16.3. The number of carbonyl (C=O) groups excluding carboxylic acids is 1. The lowest BCUT2D eigenvalue weighted by molar-refractivity contribution is 0.0654. The number of amides is 1. The van der Waals surface area contributed by atoms with E-state index in [1.165, 1.54) is 20.2 Å². The van der Waals surface area contributed by atoms with Gasteiger partial charge in [0.1, 0.15) is 0 Å². The number of halogens is 1. The average Bonchev–Trinajstić information content (AvgIpc) is 3.51. The quantitative estimate of drug-likeness (QED) is 0.618. The van der Waals surface area contributed by atoms with Gasteiger partial charge in [-0.25, -0.2) is 12.7 Å².